The number of carbonyl (C=O) groups is 1. The molecule has 92 valence electrons. The van der Waals surface area contributed by atoms with Crippen molar-refractivity contribution >= 4 is 5.97 Å². The van der Waals surface area contributed by atoms with Gasteiger partial charge in [-0.25, -0.2) is 4.79 Å². The maximum Gasteiger partial charge on any atom is 0.347 e. The Hall–Kier alpha value is -1.75. The minimum absolute atomic E-state index is 0.228. The average Bonchev–Trinajstić information content (AvgIpc) is 2.36. The maximum absolute atomic E-state index is 11.4. The van der Waals surface area contributed by atoms with Crippen molar-refractivity contribution in [3.8, 4) is 11.5 Å². The fourth-order valence-electron chi connectivity index (χ4n) is 1.88. The summed E-state index contributed by atoms with van der Waals surface area (Å²) in [6.45, 7) is 0. The largest absolute Gasteiger partial charge is 0.497 e. The Bertz CT molecular complexity index is 433. The normalized spacial score (nSPS) is 22.3. The van der Waals surface area contributed by atoms with Gasteiger partial charge < -0.3 is 19.9 Å². The zero-order chi connectivity index (χ0) is 12.4. The van der Waals surface area contributed by atoms with Crippen molar-refractivity contribution in [2.45, 2.75) is 18.6 Å². The Balaban J connectivity index is 2.30. The maximum atomic E-state index is 11.4. The topological polar surface area (TPSA) is 70.8 Å². The van der Waals surface area contributed by atoms with Gasteiger partial charge in [-0.1, -0.05) is 6.07 Å². The molecule has 1 aliphatic heterocycles. The standard InChI is InChI=1S/C12H15NO4/c1-15-7-3-4-8-9(13)6-11(12(14)16-2)17-10(8)5-7/h3-5,9,11H,6,13H2,1-2H3/t9-,11-/m1/s1. The number of benzene rings is 1. The van der Waals surface area contributed by atoms with Gasteiger partial charge >= 0.3 is 5.97 Å². The summed E-state index contributed by atoms with van der Waals surface area (Å²) in [4.78, 5) is 11.4. The predicted octanol–water partition coefficient (Wildman–Crippen LogP) is 1.02. The quantitative estimate of drug-likeness (QED) is 0.777. The number of esters is 1. The molecule has 2 rings (SSSR count). The van der Waals surface area contributed by atoms with Gasteiger partial charge in [0.05, 0.1) is 14.2 Å². The summed E-state index contributed by atoms with van der Waals surface area (Å²) in [5, 5.41) is 0. The second kappa shape index (κ2) is 4.63. The van der Waals surface area contributed by atoms with Gasteiger partial charge in [0.25, 0.3) is 0 Å². The highest BCUT2D eigenvalue weighted by molar-refractivity contribution is 5.75. The molecule has 2 N–H and O–H groups in total. The van der Waals surface area contributed by atoms with Crippen molar-refractivity contribution in [2.75, 3.05) is 14.2 Å². The van der Waals surface area contributed by atoms with Crippen LogP contribution in [0.15, 0.2) is 18.2 Å². The third kappa shape index (κ3) is 2.19. The van der Waals surface area contributed by atoms with E-state index in [1.807, 2.05) is 12.1 Å². The number of hydrogen-bond donors (Lipinski definition) is 1. The van der Waals surface area contributed by atoms with E-state index in [9.17, 15) is 4.79 Å². The van der Waals surface area contributed by atoms with E-state index in [0.717, 1.165) is 5.56 Å². The molecule has 5 heteroatoms. The van der Waals surface area contributed by atoms with Gasteiger partial charge in [-0.3, -0.25) is 0 Å². The SMILES string of the molecule is COC(=O)[C@H]1C[C@@H](N)c2ccc(OC)cc2O1. The molecule has 0 spiro atoms. The van der Waals surface area contributed by atoms with Crippen LogP contribution in [-0.2, 0) is 9.53 Å². The molecule has 0 amide bonds. The molecule has 1 aliphatic rings. The first kappa shape index (κ1) is 11.7. The van der Waals surface area contributed by atoms with Crippen LogP contribution in [-0.4, -0.2) is 26.3 Å². The monoisotopic (exact) mass is 237 g/mol. The molecule has 0 radical (unpaired) electrons. The van der Waals surface area contributed by atoms with Crippen LogP contribution in [0.5, 0.6) is 11.5 Å². The Morgan fingerprint density at radius 1 is 1.47 bits per heavy atom. The zero-order valence-corrected chi connectivity index (χ0v) is 9.80. The summed E-state index contributed by atoms with van der Waals surface area (Å²) < 4.78 is 15.3. The second-order valence-corrected chi connectivity index (χ2v) is 3.88. The second-order valence-electron chi connectivity index (χ2n) is 3.88. The smallest absolute Gasteiger partial charge is 0.347 e. The average molecular weight is 237 g/mol. The van der Waals surface area contributed by atoms with Crippen molar-refractivity contribution in [1.29, 1.82) is 0 Å². The van der Waals surface area contributed by atoms with Gasteiger partial charge in [0.1, 0.15) is 11.5 Å². The fourth-order valence-corrected chi connectivity index (χ4v) is 1.88. The van der Waals surface area contributed by atoms with E-state index in [-0.39, 0.29) is 6.04 Å². The lowest BCUT2D eigenvalue weighted by Gasteiger charge is -2.28. The van der Waals surface area contributed by atoms with Crippen molar-refractivity contribution in [2.24, 2.45) is 5.73 Å². The first-order valence-electron chi connectivity index (χ1n) is 5.33. The number of rotatable bonds is 2. The molecule has 0 saturated heterocycles. The van der Waals surface area contributed by atoms with Crippen LogP contribution in [0.4, 0.5) is 0 Å². The van der Waals surface area contributed by atoms with E-state index < -0.39 is 12.1 Å². The fraction of sp³-hybridized carbons (Fsp3) is 0.417. The van der Waals surface area contributed by atoms with Crippen molar-refractivity contribution in [3.05, 3.63) is 23.8 Å². The summed E-state index contributed by atoms with van der Waals surface area (Å²) in [6.07, 6.45) is -0.221. The number of fused-ring (bicyclic) bond motifs is 1. The summed E-state index contributed by atoms with van der Waals surface area (Å²) >= 11 is 0. The van der Waals surface area contributed by atoms with Crippen molar-refractivity contribution in [1.82, 2.24) is 0 Å². The molecule has 2 atom stereocenters. The lowest BCUT2D eigenvalue weighted by Crippen LogP contribution is -2.36. The van der Waals surface area contributed by atoms with E-state index in [0.29, 0.717) is 17.9 Å². The van der Waals surface area contributed by atoms with Crippen LogP contribution in [0.1, 0.15) is 18.0 Å². The zero-order valence-electron chi connectivity index (χ0n) is 9.80. The van der Waals surface area contributed by atoms with Crippen molar-refractivity contribution < 1.29 is 19.0 Å². The molecule has 1 aromatic rings. The molecule has 0 aliphatic carbocycles. The third-order valence-corrected chi connectivity index (χ3v) is 2.82. The Morgan fingerprint density at radius 2 is 2.24 bits per heavy atom. The summed E-state index contributed by atoms with van der Waals surface area (Å²) in [6, 6.07) is 5.17. The van der Waals surface area contributed by atoms with Crippen LogP contribution in [0.2, 0.25) is 0 Å². The first-order valence-corrected chi connectivity index (χ1v) is 5.33. The summed E-state index contributed by atoms with van der Waals surface area (Å²) in [7, 11) is 2.90. The molecule has 1 aromatic carbocycles. The molecular weight excluding hydrogens is 222 g/mol. The third-order valence-electron chi connectivity index (χ3n) is 2.82. The molecular formula is C12H15NO4. The lowest BCUT2D eigenvalue weighted by atomic mass is 9.97. The van der Waals surface area contributed by atoms with Gasteiger partial charge in [-0.15, -0.1) is 0 Å². The molecule has 0 bridgehead atoms. The van der Waals surface area contributed by atoms with E-state index >= 15 is 0 Å². The predicted molar refractivity (Wildman–Crippen MR) is 61.0 cm³/mol. The minimum atomic E-state index is -0.644. The molecule has 0 unspecified atom stereocenters. The number of nitrogens with two attached hydrogens (primary N) is 1. The first-order chi connectivity index (χ1) is 8.15. The molecule has 0 aromatic heterocycles. The van der Waals surface area contributed by atoms with E-state index in [1.165, 1.54) is 7.11 Å². The van der Waals surface area contributed by atoms with Gasteiger partial charge in [-0.2, -0.15) is 0 Å². The van der Waals surface area contributed by atoms with Crippen LogP contribution >= 0.6 is 0 Å². The minimum Gasteiger partial charge on any atom is -0.497 e. The summed E-state index contributed by atoms with van der Waals surface area (Å²) in [5.74, 6) is 0.842. The van der Waals surface area contributed by atoms with Gasteiger partial charge in [0.15, 0.2) is 6.10 Å². The molecule has 1 heterocycles. The van der Waals surface area contributed by atoms with E-state index in [2.05, 4.69) is 4.74 Å². The van der Waals surface area contributed by atoms with Gasteiger partial charge in [0, 0.05) is 24.1 Å². The lowest BCUT2D eigenvalue weighted by molar-refractivity contribution is -0.149. The Kier molecular flexibility index (Phi) is 3.19. The van der Waals surface area contributed by atoms with Crippen LogP contribution < -0.4 is 15.2 Å². The molecule has 0 fully saturated rings. The van der Waals surface area contributed by atoms with E-state index in [4.69, 9.17) is 15.2 Å². The number of methoxy groups -OCH3 is 2. The van der Waals surface area contributed by atoms with Crippen LogP contribution in [0, 0.1) is 0 Å². The number of hydrogen-bond acceptors (Lipinski definition) is 5. The van der Waals surface area contributed by atoms with E-state index in [1.54, 1.807) is 13.2 Å². The van der Waals surface area contributed by atoms with Crippen LogP contribution in [0.25, 0.3) is 0 Å². The van der Waals surface area contributed by atoms with Crippen molar-refractivity contribution in [3.63, 3.8) is 0 Å². The molecule has 17 heavy (non-hydrogen) atoms. The van der Waals surface area contributed by atoms with Gasteiger partial charge in [0.2, 0.25) is 0 Å². The highest BCUT2D eigenvalue weighted by Crippen LogP contribution is 2.36. The Labute approximate surface area is 99.5 Å². The molecule has 0 saturated carbocycles. The number of carbonyl (C=O) groups excluding carboxylic acids is 1. The van der Waals surface area contributed by atoms with Gasteiger partial charge in [-0.05, 0) is 6.07 Å². The summed E-state index contributed by atoms with van der Waals surface area (Å²) in [5.41, 5.74) is 6.87. The highest BCUT2D eigenvalue weighted by atomic mass is 16.6. The highest BCUT2D eigenvalue weighted by Gasteiger charge is 2.31. The Morgan fingerprint density at radius 3 is 2.88 bits per heavy atom. The van der Waals surface area contributed by atoms with Crippen LogP contribution in [0.3, 0.4) is 0 Å². The molecule has 5 nitrogen and oxygen atoms in total. The number of ether oxygens (including phenoxy) is 3.